The fourth-order valence-electron chi connectivity index (χ4n) is 7.80. The van der Waals surface area contributed by atoms with Crippen molar-refractivity contribution in [3.05, 3.63) is 170 Å². The lowest BCUT2D eigenvalue weighted by Gasteiger charge is -2.12. The summed E-state index contributed by atoms with van der Waals surface area (Å²) in [6, 6.07) is 59.2. The molecule has 242 valence electrons. The molecule has 11 aromatic rings. The van der Waals surface area contributed by atoms with Gasteiger partial charge in [0.25, 0.3) is 0 Å². The smallest absolute Gasteiger partial charge is 0.164 e. The number of rotatable bonds is 4. The van der Waals surface area contributed by atoms with Crippen LogP contribution in [0, 0.1) is 0 Å². The molecule has 0 aliphatic heterocycles. The maximum Gasteiger partial charge on any atom is 0.164 e. The lowest BCUT2D eigenvalue weighted by atomic mass is 10.0. The molecule has 5 nitrogen and oxygen atoms in total. The zero-order valence-electron chi connectivity index (χ0n) is 27.9. The van der Waals surface area contributed by atoms with Crippen LogP contribution in [0.15, 0.2) is 174 Å². The fraction of sp³-hybridized carbons (Fsp3) is 0. The van der Waals surface area contributed by atoms with E-state index in [9.17, 15) is 0 Å². The maximum atomic E-state index is 6.54. The first kappa shape index (κ1) is 28.7. The van der Waals surface area contributed by atoms with E-state index in [1.54, 1.807) is 0 Å². The summed E-state index contributed by atoms with van der Waals surface area (Å²) in [5.41, 5.74) is 7.73. The van der Waals surface area contributed by atoms with Crippen LogP contribution in [0.2, 0.25) is 0 Å². The van der Waals surface area contributed by atoms with Crippen LogP contribution in [-0.4, -0.2) is 19.5 Å². The van der Waals surface area contributed by atoms with E-state index in [1.807, 2.05) is 30.3 Å². The van der Waals surface area contributed by atoms with Crippen LogP contribution in [0.25, 0.3) is 105 Å². The van der Waals surface area contributed by atoms with Crippen LogP contribution in [-0.2, 0) is 0 Å². The quantitative estimate of drug-likeness (QED) is 0.188. The van der Waals surface area contributed by atoms with E-state index in [-0.39, 0.29) is 0 Å². The van der Waals surface area contributed by atoms with E-state index in [1.165, 1.54) is 21.5 Å². The summed E-state index contributed by atoms with van der Waals surface area (Å²) in [5.74, 6) is 1.81. The molecule has 3 heterocycles. The van der Waals surface area contributed by atoms with Gasteiger partial charge in [-0.05, 0) is 58.6 Å². The zero-order valence-corrected chi connectivity index (χ0v) is 27.9. The van der Waals surface area contributed by atoms with E-state index in [0.29, 0.717) is 17.5 Å². The molecule has 0 N–H and O–H groups in total. The van der Waals surface area contributed by atoms with Crippen LogP contribution in [0.5, 0.6) is 0 Å². The zero-order chi connectivity index (χ0) is 34.2. The molecule has 11 rings (SSSR count). The number of aromatic nitrogens is 4. The number of fused-ring (bicyclic) bond motifs is 10. The lowest BCUT2D eigenvalue weighted by Crippen LogP contribution is -2.01. The number of nitrogens with zero attached hydrogens (tertiary/aromatic N) is 4. The first-order valence-electron chi connectivity index (χ1n) is 17.4. The molecular formula is C47H28N4O. The van der Waals surface area contributed by atoms with Crippen molar-refractivity contribution < 1.29 is 4.42 Å². The highest BCUT2D eigenvalue weighted by molar-refractivity contribution is 6.21. The van der Waals surface area contributed by atoms with Crippen molar-refractivity contribution in [2.45, 2.75) is 0 Å². The van der Waals surface area contributed by atoms with Crippen molar-refractivity contribution in [2.75, 3.05) is 0 Å². The standard InChI is InChI=1S/C47H28N4O/c1-2-13-31(14-3-1)45-48-46(50-47(49-45)33-22-24-37-38-25-21-30-12-5-7-18-36(30)44(38)52-42(37)28-33)32-15-10-16-34(27-32)51-40-20-9-8-19-39(40)43-35-17-6-4-11-29(35)23-26-41(43)51/h1-28H. The summed E-state index contributed by atoms with van der Waals surface area (Å²) < 4.78 is 8.89. The molecule has 0 amide bonds. The molecule has 0 unspecified atom stereocenters. The average molecular weight is 665 g/mol. The van der Waals surface area contributed by atoms with Gasteiger partial charge in [-0.25, -0.2) is 15.0 Å². The Balaban J connectivity index is 1.10. The van der Waals surface area contributed by atoms with Gasteiger partial charge >= 0.3 is 0 Å². The van der Waals surface area contributed by atoms with E-state index in [0.717, 1.165) is 66.1 Å². The molecule has 0 spiro atoms. The van der Waals surface area contributed by atoms with Crippen LogP contribution in [0.4, 0.5) is 0 Å². The fourth-order valence-corrected chi connectivity index (χ4v) is 7.80. The van der Waals surface area contributed by atoms with Gasteiger partial charge in [-0.1, -0.05) is 127 Å². The monoisotopic (exact) mass is 664 g/mol. The Morgan fingerprint density at radius 3 is 1.83 bits per heavy atom. The summed E-state index contributed by atoms with van der Waals surface area (Å²) in [7, 11) is 0. The molecule has 0 bridgehead atoms. The van der Waals surface area contributed by atoms with Gasteiger partial charge in [-0.3, -0.25) is 0 Å². The van der Waals surface area contributed by atoms with Gasteiger partial charge in [0.1, 0.15) is 11.2 Å². The van der Waals surface area contributed by atoms with Gasteiger partial charge in [0.15, 0.2) is 17.5 Å². The third-order valence-corrected chi connectivity index (χ3v) is 10.2. The van der Waals surface area contributed by atoms with Gasteiger partial charge < -0.3 is 8.98 Å². The van der Waals surface area contributed by atoms with Crippen molar-refractivity contribution in [3.63, 3.8) is 0 Å². The normalized spacial score (nSPS) is 11.8. The summed E-state index contributed by atoms with van der Waals surface area (Å²) in [6.45, 7) is 0. The molecule has 0 aliphatic carbocycles. The molecule has 0 saturated carbocycles. The lowest BCUT2D eigenvalue weighted by molar-refractivity contribution is 0.673. The predicted molar refractivity (Wildman–Crippen MR) is 213 cm³/mol. The highest BCUT2D eigenvalue weighted by atomic mass is 16.3. The van der Waals surface area contributed by atoms with Gasteiger partial charge in [0.2, 0.25) is 0 Å². The molecule has 3 aromatic heterocycles. The second-order valence-corrected chi connectivity index (χ2v) is 13.2. The molecule has 52 heavy (non-hydrogen) atoms. The maximum absolute atomic E-state index is 6.54. The Morgan fingerprint density at radius 1 is 0.385 bits per heavy atom. The number of para-hydroxylation sites is 1. The SMILES string of the molecule is c1ccc(-c2nc(-c3cccc(-n4c5ccccc5c5c6ccccc6ccc54)c3)nc(-c3ccc4c(c3)oc3c5ccccc5ccc43)n2)cc1. The van der Waals surface area contributed by atoms with Crippen molar-refractivity contribution in [2.24, 2.45) is 0 Å². The number of hydrogen-bond donors (Lipinski definition) is 0. The molecule has 0 saturated heterocycles. The molecular weight excluding hydrogens is 637 g/mol. The van der Waals surface area contributed by atoms with Crippen molar-refractivity contribution in [1.82, 2.24) is 19.5 Å². The van der Waals surface area contributed by atoms with Crippen LogP contribution < -0.4 is 0 Å². The minimum atomic E-state index is 0.588. The number of benzene rings is 8. The Labute approximate surface area is 298 Å². The molecule has 5 heteroatoms. The second-order valence-electron chi connectivity index (χ2n) is 13.2. The van der Waals surface area contributed by atoms with Crippen LogP contribution in [0.1, 0.15) is 0 Å². The van der Waals surface area contributed by atoms with Crippen molar-refractivity contribution >= 4 is 65.3 Å². The average Bonchev–Trinajstić information content (AvgIpc) is 3.77. The van der Waals surface area contributed by atoms with Gasteiger partial charge in [-0.15, -0.1) is 0 Å². The number of hydrogen-bond acceptors (Lipinski definition) is 4. The largest absolute Gasteiger partial charge is 0.455 e. The highest BCUT2D eigenvalue weighted by Gasteiger charge is 2.18. The second kappa shape index (κ2) is 11.2. The Bertz CT molecular complexity index is 3190. The molecule has 0 atom stereocenters. The van der Waals surface area contributed by atoms with E-state index in [2.05, 4.69) is 144 Å². The Kier molecular flexibility index (Phi) is 6.18. The number of furan rings is 1. The summed E-state index contributed by atoms with van der Waals surface area (Å²) in [4.78, 5) is 15.2. The molecule has 0 radical (unpaired) electrons. The van der Waals surface area contributed by atoms with Gasteiger partial charge in [0, 0.05) is 49.3 Å². The highest BCUT2D eigenvalue weighted by Crippen LogP contribution is 2.39. The summed E-state index contributed by atoms with van der Waals surface area (Å²) >= 11 is 0. The summed E-state index contributed by atoms with van der Waals surface area (Å²) in [5, 5.41) is 9.36. The Morgan fingerprint density at radius 2 is 1.00 bits per heavy atom. The van der Waals surface area contributed by atoms with Crippen molar-refractivity contribution in [3.8, 4) is 39.9 Å². The van der Waals surface area contributed by atoms with Gasteiger partial charge in [0.05, 0.1) is 11.0 Å². The Hall–Kier alpha value is -7.11. The van der Waals surface area contributed by atoms with Crippen molar-refractivity contribution in [1.29, 1.82) is 0 Å². The molecule has 8 aromatic carbocycles. The minimum absolute atomic E-state index is 0.588. The molecule has 0 fully saturated rings. The van der Waals surface area contributed by atoms with Crippen LogP contribution in [0.3, 0.4) is 0 Å². The van der Waals surface area contributed by atoms with E-state index < -0.39 is 0 Å². The predicted octanol–water partition coefficient (Wildman–Crippen LogP) is 12.2. The van der Waals surface area contributed by atoms with E-state index in [4.69, 9.17) is 19.4 Å². The molecule has 0 aliphatic rings. The first-order valence-corrected chi connectivity index (χ1v) is 17.4. The third-order valence-electron chi connectivity index (χ3n) is 10.2. The topological polar surface area (TPSA) is 56.7 Å². The third kappa shape index (κ3) is 4.39. The van der Waals surface area contributed by atoms with Gasteiger partial charge in [-0.2, -0.15) is 0 Å². The van der Waals surface area contributed by atoms with E-state index >= 15 is 0 Å². The minimum Gasteiger partial charge on any atom is -0.455 e. The van der Waals surface area contributed by atoms with Crippen LogP contribution >= 0.6 is 0 Å². The first-order chi connectivity index (χ1) is 25.8. The summed E-state index contributed by atoms with van der Waals surface area (Å²) in [6.07, 6.45) is 0.